The number of carbonyl (C=O) groups is 2. The maximum Gasteiger partial charge on any atom is 0.313 e. The molecule has 124 valence electrons. The lowest BCUT2D eigenvalue weighted by Crippen LogP contribution is -2.39. The summed E-state index contributed by atoms with van der Waals surface area (Å²) in [7, 11) is 0. The van der Waals surface area contributed by atoms with E-state index in [9.17, 15) is 9.59 Å². The van der Waals surface area contributed by atoms with Gasteiger partial charge in [0.2, 0.25) is 0 Å². The van der Waals surface area contributed by atoms with Gasteiger partial charge in [0, 0.05) is 12.7 Å². The van der Waals surface area contributed by atoms with Gasteiger partial charge < -0.3 is 10.2 Å². The zero-order valence-electron chi connectivity index (χ0n) is 14.0. The van der Waals surface area contributed by atoms with Crippen molar-refractivity contribution in [3.05, 3.63) is 59.4 Å². The summed E-state index contributed by atoms with van der Waals surface area (Å²) in [5.41, 5.74) is 4.05. The smallest absolute Gasteiger partial charge is 0.313 e. The highest BCUT2D eigenvalue weighted by atomic mass is 16.2. The molecule has 0 spiro atoms. The third kappa shape index (κ3) is 3.30. The first kappa shape index (κ1) is 16.2. The second kappa shape index (κ2) is 6.83. The fourth-order valence-corrected chi connectivity index (χ4v) is 3.08. The first-order valence-corrected chi connectivity index (χ1v) is 8.15. The summed E-state index contributed by atoms with van der Waals surface area (Å²) in [4.78, 5) is 30.5. The van der Waals surface area contributed by atoms with Crippen LogP contribution >= 0.6 is 0 Å². The normalized spacial score (nSPS) is 16.9. The molecule has 1 N–H and O–H groups in total. The summed E-state index contributed by atoms with van der Waals surface area (Å²) in [6, 6.07) is 9.64. The van der Waals surface area contributed by atoms with Crippen LogP contribution in [0, 0.1) is 13.8 Å². The summed E-state index contributed by atoms with van der Waals surface area (Å²) >= 11 is 0. The predicted octanol–water partition coefficient (Wildman–Crippen LogP) is 3.00. The van der Waals surface area contributed by atoms with E-state index < -0.39 is 11.8 Å². The molecule has 0 aliphatic carbocycles. The van der Waals surface area contributed by atoms with E-state index in [1.54, 1.807) is 23.2 Å². The van der Waals surface area contributed by atoms with E-state index in [1.807, 2.05) is 0 Å². The fraction of sp³-hybridized carbons (Fsp3) is 0.316. The standard InChI is InChI=1S/C19H21N3O2/c1-13-7-8-15(11-14(13)2)17-6-4-10-22(17)19(24)18(23)21-16-5-3-9-20-12-16/h3,5,7-9,11-12,17H,4,6,10H2,1-2H3,(H,21,23)/t17-/m0/s1. The second-order valence-electron chi connectivity index (χ2n) is 6.20. The maximum atomic E-state index is 12.6. The number of benzene rings is 1. The Morgan fingerprint density at radius 3 is 2.75 bits per heavy atom. The van der Waals surface area contributed by atoms with Crippen LogP contribution in [-0.2, 0) is 9.59 Å². The minimum atomic E-state index is -0.612. The van der Waals surface area contributed by atoms with Gasteiger partial charge in [-0.05, 0) is 55.5 Å². The van der Waals surface area contributed by atoms with Crippen LogP contribution in [0.4, 0.5) is 5.69 Å². The highest BCUT2D eigenvalue weighted by molar-refractivity contribution is 6.39. The molecule has 1 saturated heterocycles. The molecule has 1 fully saturated rings. The number of aromatic nitrogens is 1. The number of carbonyl (C=O) groups excluding carboxylic acids is 2. The topological polar surface area (TPSA) is 62.3 Å². The van der Waals surface area contributed by atoms with E-state index in [-0.39, 0.29) is 6.04 Å². The molecular weight excluding hydrogens is 302 g/mol. The molecule has 0 radical (unpaired) electrons. The molecular formula is C19H21N3O2. The zero-order valence-corrected chi connectivity index (χ0v) is 14.0. The Balaban J connectivity index is 1.75. The number of hydrogen-bond donors (Lipinski definition) is 1. The highest BCUT2D eigenvalue weighted by Gasteiger charge is 2.33. The molecule has 0 bridgehead atoms. The Morgan fingerprint density at radius 1 is 1.21 bits per heavy atom. The minimum Gasteiger partial charge on any atom is -0.327 e. The van der Waals surface area contributed by atoms with E-state index in [4.69, 9.17) is 0 Å². The Bertz CT molecular complexity index is 758. The van der Waals surface area contributed by atoms with Crippen LogP contribution in [0.15, 0.2) is 42.7 Å². The lowest BCUT2D eigenvalue weighted by atomic mass is 9.99. The van der Waals surface area contributed by atoms with Crippen molar-refractivity contribution in [2.45, 2.75) is 32.7 Å². The molecule has 3 rings (SSSR count). The lowest BCUT2D eigenvalue weighted by Gasteiger charge is -2.25. The Hall–Kier alpha value is -2.69. The number of hydrogen-bond acceptors (Lipinski definition) is 3. The summed E-state index contributed by atoms with van der Waals surface area (Å²) in [6.45, 7) is 4.74. The van der Waals surface area contributed by atoms with E-state index >= 15 is 0 Å². The SMILES string of the molecule is Cc1ccc([C@@H]2CCCN2C(=O)C(=O)Nc2cccnc2)cc1C. The molecule has 1 atom stereocenters. The lowest BCUT2D eigenvalue weighted by molar-refractivity contribution is -0.143. The van der Waals surface area contributed by atoms with Gasteiger partial charge in [-0.2, -0.15) is 0 Å². The first-order chi connectivity index (χ1) is 11.6. The first-order valence-electron chi connectivity index (χ1n) is 8.15. The molecule has 5 heteroatoms. The third-order valence-electron chi connectivity index (χ3n) is 4.54. The number of aryl methyl sites for hydroxylation is 2. The Kier molecular flexibility index (Phi) is 4.60. The van der Waals surface area contributed by atoms with Gasteiger partial charge in [-0.25, -0.2) is 0 Å². The van der Waals surface area contributed by atoms with Crippen molar-refractivity contribution in [1.82, 2.24) is 9.88 Å². The molecule has 0 saturated carbocycles. The number of anilines is 1. The largest absolute Gasteiger partial charge is 0.327 e. The molecule has 5 nitrogen and oxygen atoms in total. The van der Waals surface area contributed by atoms with Crippen molar-refractivity contribution in [2.24, 2.45) is 0 Å². The van der Waals surface area contributed by atoms with Crippen LogP contribution < -0.4 is 5.32 Å². The van der Waals surface area contributed by atoms with Crippen LogP contribution in [0.2, 0.25) is 0 Å². The number of amides is 2. The summed E-state index contributed by atoms with van der Waals surface area (Å²) in [5, 5.41) is 2.62. The van der Waals surface area contributed by atoms with Crippen LogP contribution in [0.3, 0.4) is 0 Å². The van der Waals surface area contributed by atoms with Crippen molar-refractivity contribution in [3.8, 4) is 0 Å². The molecule has 1 aliphatic rings. The molecule has 2 heterocycles. The van der Waals surface area contributed by atoms with Crippen LogP contribution in [0.25, 0.3) is 0 Å². The fourth-order valence-electron chi connectivity index (χ4n) is 3.08. The van der Waals surface area contributed by atoms with Crippen LogP contribution in [0.5, 0.6) is 0 Å². The van der Waals surface area contributed by atoms with Gasteiger partial charge in [0.15, 0.2) is 0 Å². The van der Waals surface area contributed by atoms with Crippen molar-refractivity contribution < 1.29 is 9.59 Å². The average molecular weight is 323 g/mol. The number of likely N-dealkylation sites (tertiary alicyclic amines) is 1. The number of rotatable bonds is 2. The molecule has 2 amide bonds. The number of nitrogens with one attached hydrogen (secondary N) is 1. The van der Waals surface area contributed by atoms with Crippen molar-refractivity contribution in [2.75, 3.05) is 11.9 Å². The van der Waals surface area contributed by atoms with Gasteiger partial charge in [0.25, 0.3) is 0 Å². The van der Waals surface area contributed by atoms with Gasteiger partial charge in [0.1, 0.15) is 0 Å². The Labute approximate surface area is 141 Å². The quantitative estimate of drug-likeness (QED) is 0.864. The Morgan fingerprint density at radius 2 is 2.04 bits per heavy atom. The van der Waals surface area contributed by atoms with Crippen molar-refractivity contribution >= 4 is 17.5 Å². The van der Waals surface area contributed by atoms with Crippen molar-refractivity contribution in [3.63, 3.8) is 0 Å². The van der Waals surface area contributed by atoms with Gasteiger partial charge in [-0.1, -0.05) is 18.2 Å². The van der Waals surface area contributed by atoms with E-state index in [0.717, 1.165) is 18.4 Å². The van der Waals surface area contributed by atoms with E-state index in [0.29, 0.717) is 12.2 Å². The minimum absolute atomic E-state index is 0.0311. The molecule has 1 aliphatic heterocycles. The van der Waals surface area contributed by atoms with E-state index in [1.165, 1.54) is 17.3 Å². The van der Waals surface area contributed by atoms with Gasteiger partial charge in [0.05, 0.1) is 17.9 Å². The van der Waals surface area contributed by atoms with Crippen molar-refractivity contribution in [1.29, 1.82) is 0 Å². The van der Waals surface area contributed by atoms with Gasteiger partial charge in [-0.3, -0.25) is 14.6 Å². The molecule has 1 aromatic carbocycles. The summed E-state index contributed by atoms with van der Waals surface area (Å²) in [5.74, 6) is -1.10. The van der Waals surface area contributed by atoms with Gasteiger partial charge >= 0.3 is 11.8 Å². The van der Waals surface area contributed by atoms with E-state index in [2.05, 4.69) is 42.3 Å². The van der Waals surface area contributed by atoms with Crippen LogP contribution in [-0.4, -0.2) is 28.2 Å². The number of pyridine rings is 1. The second-order valence-corrected chi connectivity index (χ2v) is 6.20. The molecule has 1 aromatic heterocycles. The summed E-state index contributed by atoms with van der Waals surface area (Å²) < 4.78 is 0. The summed E-state index contributed by atoms with van der Waals surface area (Å²) in [6.07, 6.45) is 4.93. The maximum absolute atomic E-state index is 12.6. The monoisotopic (exact) mass is 323 g/mol. The van der Waals surface area contributed by atoms with Crippen LogP contribution in [0.1, 0.15) is 35.6 Å². The zero-order chi connectivity index (χ0) is 17.1. The third-order valence-corrected chi connectivity index (χ3v) is 4.54. The highest BCUT2D eigenvalue weighted by Crippen LogP contribution is 2.33. The number of nitrogens with zero attached hydrogens (tertiary/aromatic N) is 2. The molecule has 0 unspecified atom stereocenters. The molecule has 24 heavy (non-hydrogen) atoms. The molecule has 2 aromatic rings. The average Bonchev–Trinajstić information content (AvgIpc) is 3.07. The predicted molar refractivity (Wildman–Crippen MR) is 92.5 cm³/mol. The van der Waals surface area contributed by atoms with Gasteiger partial charge in [-0.15, -0.1) is 0 Å².